The summed E-state index contributed by atoms with van der Waals surface area (Å²) < 4.78 is 24.2. The van der Waals surface area contributed by atoms with Gasteiger partial charge in [0.1, 0.15) is 12.2 Å². The van der Waals surface area contributed by atoms with Gasteiger partial charge in [0.15, 0.2) is 12.1 Å². The minimum atomic E-state index is -2.07. The highest BCUT2D eigenvalue weighted by Gasteiger charge is 2.45. The van der Waals surface area contributed by atoms with E-state index >= 15 is 0 Å². The van der Waals surface area contributed by atoms with Crippen molar-refractivity contribution in [2.24, 2.45) is 11.8 Å². The van der Waals surface area contributed by atoms with Gasteiger partial charge in [0, 0.05) is 43.9 Å². The third-order valence-corrected chi connectivity index (χ3v) is 13.6. The van der Waals surface area contributed by atoms with Gasteiger partial charge in [0.05, 0.1) is 91.6 Å². The van der Waals surface area contributed by atoms with Crippen LogP contribution >= 0.6 is 0 Å². The monoisotopic (exact) mass is 1040 g/mol. The van der Waals surface area contributed by atoms with Crippen LogP contribution in [0, 0.1) is 11.8 Å². The molecule has 0 saturated carbocycles. The van der Waals surface area contributed by atoms with E-state index in [1.165, 1.54) is 6.08 Å². The van der Waals surface area contributed by atoms with Gasteiger partial charge in [-0.25, -0.2) is 14.4 Å². The second-order valence-corrected chi connectivity index (χ2v) is 19.6. The molecule has 0 aromatic carbocycles. The van der Waals surface area contributed by atoms with Gasteiger partial charge in [-0.3, -0.25) is 4.79 Å². The van der Waals surface area contributed by atoms with Crippen LogP contribution in [0.4, 0.5) is 4.79 Å². The third kappa shape index (κ3) is 20.2. The standard InChI is InChI=1S/C54H78N2O18/c1-5-46-44(61)22-23-49(73-46)72-39-19-17-15-13-11-9-7-6-8-10-12-14-16-18-33(2)50(64)34(3)35(4)71-48(63)28-37(58)26-36(57)20-21-43(60)45(62)27-38(59)30-54(70)25-24-42(47(29-39)74-54)55-53(69)56-31-40(51(65)66)41(32-56)52(67)68/h5-19,33-39,42-47,49-50,57-62,64,70H,1,20-32H2,2-4H3,(H,55,69)(H,65,66)(H,67,68)/b7-6+,10-8+,11-9+,14-12+,15-13+,18-16+,19-17+/t33-,34-,35-,36+,37+,38-,39-,42+,43+,44-,45+,46+,47-,49+,50+,54-/m0/s1. The Morgan fingerprint density at radius 2 is 1.28 bits per heavy atom. The fourth-order valence-electron chi connectivity index (χ4n) is 9.11. The van der Waals surface area contributed by atoms with Gasteiger partial charge < -0.3 is 80.2 Å². The summed E-state index contributed by atoms with van der Waals surface area (Å²) in [4.78, 5) is 51.2. The molecule has 4 rings (SSSR count). The number of cyclic esters (lactones) is 1. The first-order valence-corrected chi connectivity index (χ1v) is 25.3. The van der Waals surface area contributed by atoms with E-state index in [1.54, 1.807) is 56.4 Å². The van der Waals surface area contributed by atoms with Gasteiger partial charge in [-0.1, -0.05) is 105 Å². The number of carboxylic acids is 2. The van der Waals surface area contributed by atoms with Gasteiger partial charge in [0.25, 0.3) is 0 Å². The molecule has 20 heteroatoms. The molecule has 0 unspecified atom stereocenters. The minimum Gasteiger partial charge on any atom is -0.478 e. The number of nitrogens with one attached hydrogen (secondary N) is 1. The van der Waals surface area contributed by atoms with Crippen LogP contribution in [0.3, 0.4) is 0 Å². The number of nitrogens with zero attached hydrogens (tertiary/aromatic N) is 1. The SMILES string of the molecule is C=C[C@H]1O[C@@H](O[C@H]2/C=C/C=C/C=C/C=C/C=C/C=C/C=C/[C@H](C)[C@@H](O)[C@@H](C)[C@H](C)OC(=O)C[C@H](O)C[C@H](O)CC[C@@H](O)[C@H](O)C[C@H](O)C[C@]3(O)CC[C@@H](NC(=O)N4CC(C(=O)O)=C(C(=O)O)C4)[C@H](C2)O3)CC[C@@H]1O. The molecule has 412 valence electrons. The molecule has 4 heterocycles. The Morgan fingerprint density at radius 1 is 0.716 bits per heavy atom. The van der Waals surface area contributed by atoms with Crippen molar-refractivity contribution in [3.05, 3.63) is 109 Å². The third-order valence-electron chi connectivity index (χ3n) is 13.6. The maximum absolute atomic E-state index is 13.7. The Bertz CT molecular complexity index is 2070. The molecule has 2 fully saturated rings. The van der Waals surface area contributed by atoms with Crippen LogP contribution in [0.15, 0.2) is 109 Å². The van der Waals surface area contributed by atoms with Gasteiger partial charge in [-0.05, 0) is 39.0 Å². The zero-order valence-electron chi connectivity index (χ0n) is 42.4. The number of carboxylic acid groups (broad SMARTS) is 2. The molecule has 2 bridgehead atoms. The maximum atomic E-state index is 13.7. The fourth-order valence-corrected chi connectivity index (χ4v) is 9.11. The second kappa shape index (κ2) is 30.5. The number of carbonyl (C=O) groups is 4. The number of ether oxygens (including phenoxy) is 4. The van der Waals surface area contributed by atoms with Crippen LogP contribution in [-0.2, 0) is 33.3 Å². The Hall–Kier alpha value is -5.10. The fraction of sp³-hybridized carbons (Fsp3) is 0.593. The number of urea groups is 1. The highest BCUT2D eigenvalue weighted by Crippen LogP contribution is 2.35. The molecule has 16 atom stereocenters. The zero-order chi connectivity index (χ0) is 54.5. The highest BCUT2D eigenvalue weighted by atomic mass is 16.7. The van der Waals surface area contributed by atoms with Crippen LogP contribution in [0.25, 0.3) is 0 Å². The number of amides is 2. The molecule has 11 N–H and O–H groups in total. The van der Waals surface area contributed by atoms with Crippen molar-refractivity contribution in [3.8, 4) is 0 Å². The van der Waals surface area contributed by atoms with Gasteiger partial charge in [-0.15, -0.1) is 6.58 Å². The van der Waals surface area contributed by atoms with E-state index in [4.69, 9.17) is 18.9 Å². The van der Waals surface area contributed by atoms with Gasteiger partial charge in [-0.2, -0.15) is 0 Å². The van der Waals surface area contributed by atoms with E-state index in [0.717, 1.165) is 4.90 Å². The van der Waals surface area contributed by atoms with Gasteiger partial charge >= 0.3 is 23.9 Å². The normalized spacial score (nSPS) is 39.3. The number of aliphatic hydroxyl groups excluding tert-OH is 7. The minimum absolute atomic E-state index is 0.0352. The number of allylic oxidation sites excluding steroid dienone is 12. The van der Waals surface area contributed by atoms with E-state index in [2.05, 4.69) is 11.9 Å². The van der Waals surface area contributed by atoms with Crippen molar-refractivity contribution in [2.45, 2.75) is 177 Å². The Balaban J connectivity index is 1.59. The van der Waals surface area contributed by atoms with Crippen molar-refractivity contribution in [1.29, 1.82) is 0 Å². The van der Waals surface area contributed by atoms with Crippen molar-refractivity contribution >= 4 is 23.9 Å². The molecule has 0 radical (unpaired) electrons. The smallest absolute Gasteiger partial charge is 0.334 e. The van der Waals surface area contributed by atoms with E-state index in [-0.39, 0.29) is 44.4 Å². The van der Waals surface area contributed by atoms with E-state index in [0.29, 0.717) is 12.8 Å². The Morgan fingerprint density at radius 3 is 1.86 bits per heavy atom. The summed E-state index contributed by atoms with van der Waals surface area (Å²) >= 11 is 0. The summed E-state index contributed by atoms with van der Waals surface area (Å²) in [5, 5.41) is 110. The molecule has 0 aliphatic carbocycles. The average Bonchev–Trinajstić information content (AvgIpc) is 3.81. The summed E-state index contributed by atoms with van der Waals surface area (Å²) in [5.41, 5.74) is -0.892. The van der Waals surface area contributed by atoms with Gasteiger partial charge in [0.2, 0.25) is 0 Å². The first kappa shape index (κ1) is 61.4. The van der Waals surface area contributed by atoms with E-state index in [1.807, 2.05) is 49.5 Å². The summed E-state index contributed by atoms with van der Waals surface area (Å²) in [5.74, 6) is -6.50. The summed E-state index contributed by atoms with van der Waals surface area (Å²) in [7, 11) is 0. The number of carbonyl (C=O) groups excluding carboxylic acids is 2. The summed E-state index contributed by atoms with van der Waals surface area (Å²) in [6, 6.07) is -1.68. The molecular weight excluding hydrogens is 965 g/mol. The van der Waals surface area contributed by atoms with Crippen LogP contribution < -0.4 is 5.32 Å². The number of rotatable bonds is 6. The lowest BCUT2D eigenvalue weighted by atomic mass is 9.89. The van der Waals surface area contributed by atoms with Crippen molar-refractivity contribution in [1.82, 2.24) is 10.2 Å². The Kier molecular flexibility index (Phi) is 25.3. The van der Waals surface area contributed by atoms with Crippen molar-refractivity contribution in [2.75, 3.05) is 13.1 Å². The number of esters is 1. The van der Waals surface area contributed by atoms with Crippen molar-refractivity contribution in [3.63, 3.8) is 0 Å². The van der Waals surface area contributed by atoms with E-state index in [9.17, 15) is 70.2 Å². The molecule has 0 aromatic heterocycles. The molecule has 4 aliphatic heterocycles. The van der Waals surface area contributed by atoms with Crippen LogP contribution in [0.1, 0.15) is 91.4 Å². The summed E-state index contributed by atoms with van der Waals surface area (Å²) in [6.07, 6.45) is 12.4. The first-order chi connectivity index (χ1) is 35.1. The molecule has 0 aromatic rings. The largest absolute Gasteiger partial charge is 0.478 e. The predicted molar refractivity (Wildman–Crippen MR) is 270 cm³/mol. The lowest BCUT2D eigenvalue weighted by Crippen LogP contribution is -2.57. The maximum Gasteiger partial charge on any atom is 0.334 e. The predicted octanol–water partition coefficient (Wildman–Crippen LogP) is 3.16. The van der Waals surface area contributed by atoms with Crippen LogP contribution in [0.5, 0.6) is 0 Å². The summed E-state index contributed by atoms with van der Waals surface area (Å²) in [6.45, 7) is 8.00. The molecule has 2 saturated heterocycles. The molecule has 4 aliphatic rings. The topological polar surface area (TPSA) is 323 Å². The average molecular weight is 1040 g/mol. The molecule has 74 heavy (non-hydrogen) atoms. The Labute approximate surface area is 432 Å². The first-order valence-electron chi connectivity index (χ1n) is 25.3. The zero-order valence-corrected chi connectivity index (χ0v) is 42.4. The van der Waals surface area contributed by atoms with Crippen LogP contribution in [0.2, 0.25) is 0 Å². The quantitative estimate of drug-likeness (QED) is 0.134. The number of hydrogen-bond acceptors (Lipinski definition) is 16. The number of aliphatic carboxylic acids is 2. The number of aliphatic hydroxyl groups is 8. The molecule has 2 amide bonds. The number of hydrogen-bond donors (Lipinski definition) is 11. The molecule has 0 spiro atoms. The van der Waals surface area contributed by atoms with Crippen molar-refractivity contribution < 1.29 is 89.2 Å². The van der Waals surface area contributed by atoms with E-state index < -0.39 is 159 Å². The lowest BCUT2D eigenvalue weighted by molar-refractivity contribution is -0.280. The highest BCUT2D eigenvalue weighted by molar-refractivity contribution is 6.01. The molecular formula is C54H78N2O18. The second-order valence-electron chi connectivity index (χ2n) is 19.6. The molecule has 20 nitrogen and oxygen atoms in total. The lowest BCUT2D eigenvalue weighted by Gasteiger charge is -2.44. The van der Waals surface area contributed by atoms with Crippen LogP contribution in [-0.4, -0.2) is 178 Å². The number of fused-ring (bicyclic) bond motifs is 2.